The van der Waals surface area contributed by atoms with Gasteiger partial charge in [-0.3, -0.25) is 0 Å². The van der Waals surface area contributed by atoms with Crippen molar-refractivity contribution in [2.75, 3.05) is 26.4 Å². The molecule has 0 bridgehead atoms. The molecule has 0 radical (unpaired) electrons. The maximum absolute atomic E-state index is 2.33. The standard InChI is InChI=1S/C11H16INS.C6H4/c1-13(2)8-3-9-14-11-6-4-10(12)5-7-11;1-2-6-4-3-5(1)6/h4-7H,3,8-9H2,1-2H3;1-4H. The van der Waals surface area contributed by atoms with Gasteiger partial charge in [-0.2, -0.15) is 0 Å². The van der Waals surface area contributed by atoms with Gasteiger partial charge in [-0.1, -0.05) is 24.3 Å². The second-order valence-electron chi connectivity index (χ2n) is 5.04. The maximum atomic E-state index is 2.33. The summed E-state index contributed by atoms with van der Waals surface area (Å²) in [4.78, 5) is 3.61. The van der Waals surface area contributed by atoms with Crippen LogP contribution in [-0.4, -0.2) is 31.3 Å². The number of rotatable bonds is 5. The van der Waals surface area contributed by atoms with Crippen LogP contribution in [0.1, 0.15) is 6.42 Å². The summed E-state index contributed by atoms with van der Waals surface area (Å²) in [6.45, 7) is 1.18. The molecule has 0 unspecified atom stereocenters. The van der Waals surface area contributed by atoms with E-state index in [-0.39, 0.29) is 0 Å². The maximum Gasteiger partial charge on any atom is 0.0131 e. The highest BCUT2D eigenvalue weighted by molar-refractivity contribution is 14.1. The Bertz CT molecular complexity index is 572. The minimum Gasteiger partial charge on any atom is -0.309 e. The van der Waals surface area contributed by atoms with Crippen LogP contribution >= 0.6 is 34.4 Å². The third-order valence-electron chi connectivity index (χ3n) is 3.05. The third kappa shape index (κ3) is 5.11. The summed E-state index contributed by atoms with van der Waals surface area (Å²) >= 11 is 4.28. The molecule has 0 aromatic heterocycles. The first-order chi connectivity index (χ1) is 9.65. The smallest absolute Gasteiger partial charge is 0.0131 e. The van der Waals surface area contributed by atoms with Crippen LogP contribution in [0.4, 0.5) is 0 Å². The highest BCUT2D eigenvalue weighted by atomic mass is 127. The van der Waals surface area contributed by atoms with Crippen LogP contribution in [0.25, 0.3) is 0 Å². The van der Waals surface area contributed by atoms with Crippen molar-refractivity contribution in [3.05, 3.63) is 62.5 Å². The van der Waals surface area contributed by atoms with Gasteiger partial charge in [0.1, 0.15) is 0 Å². The summed E-state index contributed by atoms with van der Waals surface area (Å²) < 4.78 is 1.31. The van der Waals surface area contributed by atoms with Gasteiger partial charge in [0.25, 0.3) is 0 Å². The first kappa shape index (κ1) is 15.9. The number of halogens is 1. The van der Waals surface area contributed by atoms with Crippen LogP contribution in [0.3, 0.4) is 0 Å². The van der Waals surface area contributed by atoms with Crippen LogP contribution in [-0.2, 0) is 0 Å². The van der Waals surface area contributed by atoms with Gasteiger partial charge in [-0.15, -0.1) is 11.8 Å². The first-order valence-electron chi connectivity index (χ1n) is 6.79. The highest BCUT2D eigenvalue weighted by Crippen LogP contribution is 2.19. The molecule has 0 spiro atoms. The predicted octanol–water partition coefficient (Wildman–Crippen LogP) is 4.62. The Morgan fingerprint density at radius 1 is 0.900 bits per heavy atom. The first-order valence-corrected chi connectivity index (χ1v) is 8.85. The summed E-state index contributed by atoms with van der Waals surface area (Å²) in [5.41, 5.74) is 0. The van der Waals surface area contributed by atoms with Gasteiger partial charge in [0.2, 0.25) is 0 Å². The second-order valence-corrected chi connectivity index (χ2v) is 7.45. The molecular formula is C17H20INS. The minimum atomic E-state index is 1.18. The van der Waals surface area contributed by atoms with E-state index in [0.29, 0.717) is 0 Å². The minimum absolute atomic E-state index is 1.18. The summed E-state index contributed by atoms with van der Waals surface area (Å²) in [6, 6.07) is 17.2. The predicted molar refractivity (Wildman–Crippen MR) is 97.2 cm³/mol. The molecule has 0 fully saturated rings. The van der Waals surface area contributed by atoms with Gasteiger partial charge in [0.05, 0.1) is 0 Å². The summed E-state index contributed by atoms with van der Waals surface area (Å²) in [5.74, 6) is 1.21. The summed E-state index contributed by atoms with van der Waals surface area (Å²) in [7, 11) is 4.24. The van der Waals surface area contributed by atoms with E-state index in [2.05, 4.69) is 90.1 Å². The number of hydrogen-bond acceptors (Lipinski definition) is 2. The lowest BCUT2D eigenvalue weighted by Gasteiger charge is -2.08. The van der Waals surface area contributed by atoms with E-state index in [0.717, 1.165) is 0 Å². The Balaban J connectivity index is 0.000000198. The molecule has 2 aliphatic rings. The van der Waals surface area contributed by atoms with Gasteiger partial charge < -0.3 is 4.90 Å². The van der Waals surface area contributed by atoms with Gasteiger partial charge in [0.15, 0.2) is 0 Å². The lowest BCUT2D eigenvalue weighted by atomic mass is 10.1. The fourth-order valence-electron chi connectivity index (χ4n) is 1.76. The fraction of sp³-hybridized carbons (Fsp3) is 0.294. The third-order valence-corrected chi connectivity index (χ3v) is 4.87. The van der Waals surface area contributed by atoms with Crippen molar-refractivity contribution in [2.45, 2.75) is 11.3 Å². The Labute approximate surface area is 139 Å². The van der Waals surface area contributed by atoms with Crippen molar-refractivity contribution in [3.8, 4) is 0 Å². The van der Waals surface area contributed by atoms with Crippen LogP contribution in [0.15, 0.2) is 53.4 Å². The molecule has 1 aromatic rings. The van der Waals surface area contributed by atoms with Crippen LogP contribution in [0, 0.1) is 14.0 Å². The van der Waals surface area contributed by atoms with Crippen LogP contribution < -0.4 is 0 Å². The quantitative estimate of drug-likeness (QED) is 0.351. The van der Waals surface area contributed by atoms with E-state index in [1.165, 1.54) is 37.6 Å². The molecule has 0 saturated carbocycles. The Morgan fingerprint density at radius 2 is 1.45 bits per heavy atom. The van der Waals surface area contributed by atoms with E-state index >= 15 is 0 Å². The molecule has 20 heavy (non-hydrogen) atoms. The fourth-order valence-corrected chi connectivity index (χ4v) is 2.96. The number of benzene rings is 2. The normalized spacial score (nSPS) is 11.0. The zero-order chi connectivity index (χ0) is 14.4. The van der Waals surface area contributed by atoms with Crippen molar-refractivity contribution in [1.29, 1.82) is 0 Å². The second kappa shape index (κ2) is 8.05. The van der Waals surface area contributed by atoms with Gasteiger partial charge in [0, 0.05) is 8.47 Å². The molecular weight excluding hydrogens is 377 g/mol. The molecule has 0 saturated heterocycles. The molecule has 0 heterocycles. The SMILES string of the molecule is CN(C)CCCSc1ccc(I)cc1.c1cc2ccc1=2. The van der Waals surface area contributed by atoms with E-state index in [4.69, 9.17) is 0 Å². The molecule has 1 aromatic carbocycles. The molecule has 1 nitrogen and oxygen atoms in total. The van der Waals surface area contributed by atoms with Crippen molar-refractivity contribution >= 4 is 34.4 Å². The molecule has 0 atom stereocenters. The van der Waals surface area contributed by atoms with Gasteiger partial charge in [-0.05, 0) is 90.1 Å². The molecule has 3 heteroatoms. The number of hydrogen-bond donors (Lipinski definition) is 0. The molecule has 2 aliphatic carbocycles. The van der Waals surface area contributed by atoms with E-state index in [9.17, 15) is 0 Å². The Kier molecular flexibility index (Phi) is 6.39. The number of nitrogens with zero attached hydrogens (tertiary/aromatic N) is 1. The van der Waals surface area contributed by atoms with Crippen molar-refractivity contribution in [2.24, 2.45) is 0 Å². The molecule has 3 rings (SSSR count). The Hall–Kier alpha value is -0.520. The zero-order valence-electron chi connectivity index (χ0n) is 12.0. The topological polar surface area (TPSA) is 3.24 Å². The van der Waals surface area contributed by atoms with Crippen LogP contribution in [0.2, 0.25) is 0 Å². The lowest BCUT2D eigenvalue weighted by Crippen LogP contribution is -2.13. The summed E-state index contributed by atoms with van der Waals surface area (Å²) in [6.07, 6.45) is 1.25. The van der Waals surface area contributed by atoms with Gasteiger partial charge >= 0.3 is 0 Å². The molecule has 0 N–H and O–H groups in total. The number of thioether (sulfide) groups is 1. The van der Waals surface area contributed by atoms with Crippen molar-refractivity contribution in [3.63, 3.8) is 0 Å². The largest absolute Gasteiger partial charge is 0.309 e. The lowest BCUT2D eigenvalue weighted by molar-refractivity contribution is 0.410. The average molecular weight is 397 g/mol. The Morgan fingerprint density at radius 3 is 1.85 bits per heavy atom. The zero-order valence-corrected chi connectivity index (χ0v) is 14.9. The molecule has 0 aliphatic heterocycles. The monoisotopic (exact) mass is 397 g/mol. The van der Waals surface area contributed by atoms with E-state index < -0.39 is 0 Å². The van der Waals surface area contributed by atoms with E-state index in [1.807, 2.05) is 11.8 Å². The van der Waals surface area contributed by atoms with Crippen LogP contribution in [0.5, 0.6) is 0 Å². The van der Waals surface area contributed by atoms with Gasteiger partial charge in [-0.25, -0.2) is 0 Å². The summed E-state index contributed by atoms with van der Waals surface area (Å²) in [5, 5.41) is 2.85. The molecule has 0 amide bonds. The average Bonchev–Trinajstić information content (AvgIpc) is 2.41. The van der Waals surface area contributed by atoms with Crippen molar-refractivity contribution in [1.82, 2.24) is 4.90 Å². The molecule has 106 valence electrons. The highest BCUT2D eigenvalue weighted by Gasteiger charge is 1.95. The van der Waals surface area contributed by atoms with Crippen molar-refractivity contribution < 1.29 is 0 Å². The van der Waals surface area contributed by atoms with E-state index in [1.54, 1.807) is 0 Å².